The molecule has 2 aromatic rings. The average Bonchev–Trinajstić information content (AvgIpc) is 2.49. The van der Waals surface area contributed by atoms with Gasteiger partial charge in [0.15, 0.2) is 0 Å². The fraction of sp³-hybridized carbons (Fsp3) is 0.200. The number of pyridine rings is 1. The number of nitrogens with zero attached hydrogens (tertiary/aromatic N) is 1. The molecular formula is C15H17N3O3. The van der Waals surface area contributed by atoms with E-state index in [1.807, 2.05) is 13.0 Å². The first-order valence-corrected chi connectivity index (χ1v) is 6.51. The normalized spacial score (nSPS) is 10.2. The van der Waals surface area contributed by atoms with Crippen LogP contribution in [0.15, 0.2) is 47.4 Å². The number of nitrogens with two attached hydrogens (primary N) is 1. The Balaban J connectivity index is 1.91. The third-order valence-corrected chi connectivity index (χ3v) is 3.00. The maximum absolute atomic E-state index is 11.7. The smallest absolute Gasteiger partial charge is 0.265 e. The summed E-state index contributed by atoms with van der Waals surface area (Å²) >= 11 is 0. The molecule has 1 amide bonds. The van der Waals surface area contributed by atoms with E-state index in [-0.39, 0.29) is 11.5 Å². The van der Waals surface area contributed by atoms with Crippen LogP contribution in [0.1, 0.15) is 15.9 Å². The number of nitrogens with one attached hydrogen (secondary N) is 1. The first-order valence-electron chi connectivity index (χ1n) is 6.51. The number of benzene rings is 1. The zero-order chi connectivity index (χ0) is 15.2. The van der Waals surface area contributed by atoms with Gasteiger partial charge in [-0.05, 0) is 42.8 Å². The number of hydrogen-bond donors (Lipinski definition) is 2. The van der Waals surface area contributed by atoms with Crippen molar-refractivity contribution in [2.24, 2.45) is 5.84 Å². The summed E-state index contributed by atoms with van der Waals surface area (Å²) in [5.74, 6) is 5.32. The van der Waals surface area contributed by atoms with Crippen molar-refractivity contribution in [3.8, 4) is 5.75 Å². The van der Waals surface area contributed by atoms with Crippen molar-refractivity contribution >= 4 is 5.91 Å². The molecule has 110 valence electrons. The molecule has 2 rings (SSSR count). The molecule has 0 atom stereocenters. The van der Waals surface area contributed by atoms with Crippen molar-refractivity contribution in [3.05, 3.63) is 64.1 Å². The van der Waals surface area contributed by atoms with Gasteiger partial charge in [0.1, 0.15) is 12.4 Å². The van der Waals surface area contributed by atoms with Crippen molar-refractivity contribution in [3.63, 3.8) is 0 Å². The highest BCUT2D eigenvalue weighted by molar-refractivity contribution is 5.93. The van der Waals surface area contributed by atoms with E-state index < -0.39 is 0 Å². The minimum absolute atomic E-state index is 0.0476. The van der Waals surface area contributed by atoms with Crippen molar-refractivity contribution in [1.82, 2.24) is 9.99 Å². The second-order valence-corrected chi connectivity index (χ2v) is 4.58. The number of hydrogen-bond acceptors (Lipinski definition) is 4. The van der Waals surface area contributed by atoms with Crippen LogP contribution >= 0.6 is 0 Å². The van der Waals surface area contributed by atoms with Crippen LogP contribution in [0, 0.1) is 6.92 Å². The molecule has 1 aromatic carbocycles. The lowest BCUT2D eigenvalue weighted by Gasteiger charge is -2.09. The summed E-state index contributed by atoms with van der Waals surface area (Å²) in [5.41, 5.74) is 3.40. The Hall–Kier alpha value is -2.60. The van der Waals surface area contributed by atoms with Crippen LogP contribution in [0.2, 0.25) is 0 Å². The van der Waals surface area contributed by atoms with Gasteiger partial charge in [0.25, 0.3) is 11.5 Å². The Morgan fingerprint density at radius 2 is 2.00 bits per heavy atom. The zero-order valence-electron chi connectivity index (χ0n) is 11.7. The van der Waals surface area contributed by atoms with Crippen LogP contribution in [0.3, 0.4) is 0 Å². The van der Waals surface area contributed by atoms with Crippen molar-refractivity contribution < 1.29 is 9.53 Å². The van der Waals surface area contributed by atoms with E-state index in [1.165, 1.54) is 0 Å². The number of aromatic nitrogens is 1. The monoisotopic (exact) mass is 287 g/mol. The molecule has 3 N–H and O–H groups in total. The van der Waals surface area contributed by atoms with E-state index in [0.717, 1.165) is 5.56 Å². The predicted molar refractivity (Wildman–Crippen MR) is 79.0 cm³/mol. The minimum Gasteiger partial charge on any atom is -0.492 e. The molecule has 0 bridgehead atoms. The lowest BCUT2D eigenvalue weighted by Crippen LogP contribution is -2.29. The molecular weight excluding hydrogens is 270 g/mol. The van der Waals surface area contributed by atoms with Crippen LogP contribution in [-0.4, -0.2) is 17.1 Å². The first-order chi connectivity index (χ1) is 10.1. The molecule has 0 spiro atoms. The Morgan fingerprint density at radius 3 is 2.62 bits per heavy atom. The quantitative estimate of drug-likeness (QED) is 0.485. The van der Waals surface area contributed by atoms with Gasteiger partial charge in [-0.2, -0.15) is 0 Å². The van der Waals surface area contributed by atoms with Gasteiger partial charge in [-0.25, -0.2) is 5.84 Å². The number of carbonyl (C=O) groups is 1. The molecule has 0 saturated heterocycles. The Morgan fingerprint density at radius 1 is 1.29 bits per heavy atom. The van der Waals surface area contributed by atoms with Crippen molar-refractivity contribution in [2.45, 2.75) is 13.5 Å². The summed E-state index contributed by atoms with van der Waals surface area (Å²) in [7, 11) is 0. The summed E-state index contributed by atoms with van der Waals surface area (Å²) < 4.78 is 7.13. The van der Waals surface area contributed by atoms with Crippen molar-refractivity contribution in [2.75, 3.05) is 6.61 Å². The van der Waals surface area contributed by atoms with Gasteiger partial charge >= 0.3 is 0 Å². The highest BCUT2D eigenvalue weighted by Crippen LogP contribution is 2.12. The molecule has 0 radical (unpaired) electrons. The first kappa shape index (κ1) is 14.8. The standard InChI is InChI=1S/C15H17N3O3/c1-11-6-7-18(14(19)10-11)8-9-21-13-4-2-12(3-5-13)15(20)17-16/h2-7,10H,8-9,16H2,1H3,(H,17,20). The molecule has 0 fully saturated rings. The SMILES string of the molecule is Cc1ccn(CCOc2ccc(C(=O)NN)cc2)c(=O)c1. The van der Waals surface area contributed by atoms with E-state index in [4.69, 9.17) is 10.6 Å². The zero-order valence-corrected chi connectivity index (χ0v) is 11.7. The van der Waals surface area contributed by atoms with Gasteiger partial charge in [0, 0.05) is 17.8 Å². The molecule has 21 heavy (non-hydrogen) atoms. The van der Waals surface area contributed by atoms with Crippen molar-refractivity contribution in [1.29, 1.82) is 0 Å². The lowest BCUT2D eigenvalue weighted by molar-refractivity contribution is 0.0953. The third kappa shape index (κ3) is 3.93. The Kier molecular flexibility index (Phi) is 4.73. The van der Waals surface area contributed by atoms with Gasteiger partial charge in [0.2, 0.25) is 0 Å². The second-order valence-electron chi connectivity index (χ2n) is 4.58. The summed E-state index contributed by atoms with van der Waals surface area (Å²) in [6, 6.07) is 10.1. The number of aryl methyl sites for hydroxylation is 1. The van der Waals surface area contributed by atoms with E-state index in [1.54, 1.807) is 41.1 Å². The number of ether oxygens (including phenoxy) is 1. The molecule has 0 unspecified atom stereocenters. The summed E-state index contributed by atoms with van der Waals surface area (Å²) in [5, 5.41) is 0. The van der Waals surface area contributed by atoms with Crippen LogP contribution in [0.5, 0.6) is 5.75 Å². The molecule has 6 heteroatoms. The van der Waals surface area contributed by atoms with Gasteiger partial charge in [-0.1, -0.05) is 0 Å². The maximum Gasteiger partial charge on any atom is 0.265 e. The minimum atomic E-state index is -0.354. The molecule has 6 nitrogen and oxygen atoms in total. The van der Waals surface area contributed by atoms with Crippen LogP contribution < -0.4 is 21.6 Å². The highest BCUT2D eigenvalue weighted by atomic mass is 16.5. The van der Waals surface area contributed by atoms with E-state index >= 15 is 0 Å². The molecule has 1 heterocycles. The summed E-state index contributed by atoms with van der Waals surface area (Å²) in [6.07, 6.45) is 1.75. The fourth-order valence-electron chi connectivity index (χ4n) is 1.84. The topological polar surface area (TPSA) is 86.3 Å². The maximum atomic E-state index is 11.7. The lowest BCUT2D eigenvalue weighted by atomic mass is 10.2. The largest absolute Gasteiger partial charge is 0.492 e. The highest BCUT2D eigenvalue weighted by Gasteiger charge is 2.03. The number of amides is 1. The number of nitrogen functional groups attached to an aromatic ring is 1. The predicted octanol–water partition coefficient (Wildman–Crippen LogP) is 0.839. The number of hydrazine groups is 1. The molecule has 1 aromatic heterocycles. The van der Waals surface area contributed by atoms with Crippen LogP contribution in [-0.2, 0) is 6.54 Å². The molecule has 0 aliphatic heterocycles. The van der Waals surface area contributed by atoms with Gasteiger partial charge in [-0.3, -0.25) is 15.0 Å². The number of carbonyl (C=O) groups excluding carboxylic acids is 1. The Bertz CT molecular complexity index is 677. The molecule has 0 aliphatic carbocycles. The Labute approximate surface area is 122 Å². The van der Waals surface area contributed by atoms with Gasteiger partial charge < -0.3 is 9.30 Å². The summed E-state index contributed by atoms with van der Waals surface area (Å²) in [6.45, 7) is 2.71. The van der Waals surface area contributed by atoms with Gasteiger partial charge in [-0.15, -0.1) is 0 Å². The van der Waals surface area contributed by atoms with E-state index in [9.17, 15) is 9.59 Å². The molecule has 0 aliphatic rings. The molecule has 0 saturated carbocycles. The van der Waals surface area contributed by atoms with E-state index in [0.29, 0.717) is 24.5 Å². The summed E-state index contributed by atoms with van der Waals surface area (Å²) in [4.78, 5) is 23.0. The van der Waals surface area contributed by atoms with Crippen LogP contribution in [0.25, 0.3) is 0 Å². The third-order valence-electron chi connectivity index (χ3n) is 3.00. The van der Waals surface area contributed by atoms with Crippen LogP contribution in [0.4, 0.5) is 0 Å². The number of rotatable bonds is 5. The van der Waals surface area contributed by atoms with Gasteiger partial charge in [0.05, 0.1) is 6.54 Å². The average molecular weight is 287 g/mol. The second kappa shape index (κ2) is 6.71. The fourth-order valence-corrected chi connectivity index (χ4v) is 1.84. The van der Waals surface area contributed by atoms with E-state index in [2.05, 4.69) is 5.43 Å².